The van der Waals surface area contributed by atoms with Crippen LogP contribution in [-0.2, 0) is 11.2 Å². The fourth-order valence-corrected chi connectivity index (χ4v) is 4.84. The van der Waals surface area contributed by atoms with Gasteiger partial charge in [0.1, 0.15) is 24.1 Å². The second-order valence-corrected chi connectivity index (χ2v) is 9.48. The molecule has 2 fully saturated rings. The Morgan fingerprint density at radius 2 is 1.79 bits per heavy atom. The first-order valence-electron chi connectivity index (χ1n) is 11.8. The number of benzene rings is 1. The maximum atomic E-state index is 11.5. The second-order valence-electron chi connectivity index (χ2n) is 9.48. The molecular weight excluding hydrogens is 428 g/mol. The molecule has 1 aromatic rings. The number of ether oxygens (including phenoxy) is 2. The van der Waals surface area contributed by atoms with Crippen LogP contribution in [0.2, 0.25) is 0 Å². The number of allylic oxidation sites excluding steroid dienone is 1. The SMILES string of the molecule is C=CCc1ccc(O[C@H]2O[C@H]([C@@H](O)CCCO)[C@@H](O)[C@H](O)[C@]2(O)CCC2(O)CCCC2)cc1. The van der Waals surface area contributed by atoms with Crippen molar-refractivity contribution in [2.75, 3.05) is 6.61 Å². The summed E-state index contributed by atoms with van der Waals surface area (Å²) >= 11 is 0. The molecule has 0 amide bonds. The first-order valence-corrected chi connectivity index (χ1v) is 11.8. The second kappa shape index (κ2) is 11.3. The molecule has 6 N–H and O–H groups in total. The quantitative estimate of drug-likeness (QED) is 0.267. The molecule has 1 saturated heterocycles. The molecule has 1 aliphatic heterocycles. The molecule has 8 nitrogen and oxygen atoms in total. The summed E-state index contributed by atoms with van der Waals surface area (Å²) in [6.45, 7) is 3.58. The third-order valence-electron chi connectivity index (χ3n) is 6.97. The van der Waals surface area contributed by atoms with Gasteiger partial charge in [-0.15, -0.1) is 6.58 Å². The van der Waals surface area contributed by atoms with E-state index in [0.717, 1.165) is 18.4 Å². The highest BCUT2D eigenvalue weighted by molar-refractivity contribution is 5.28. The zero-order valence-corrected chi connectivity index (χ0v) is 19.1. The summed E-state index contributed by atoms with van der Waals surface area (Å²) in [6, 6.07) is 7.11. The molecule has 1 heterocycles. The van der Waals surface area contributed by atoms with Crippen LogP contribution in [0.15, 0.2) is 36.9 Å². The average Bonchev–Trinajstić information content (AvgIpc) is 3.25. The average molecular weight is 467 g/mol. The van der Waals surface area contributed by atoms with E-state index in [2.05, 4.69) is 6.58 Å². The molecule has 2 aliphatic rings. The van der Waals surface area contributed by atoms with Gasteiger partial charge in [-0.3, -0.25) is 0 Å². The highest BCUT2D eigenvalue weighted by Crippen LogP contribution is 2.41. The lowest BCUT2D eigenvalue weighted by Crippen LogP contribution is -2.69. The van der Waals surface area contributed by atoms with E-state index >= 15 is 0 Å². The maximum Gasteiger partial charge on any atom is 0.232 e. The Labute approximate surface area is 195 Å². The summed E-state index contributed by atoms with van der Waals surface area (Å²) in [6.07, 6.45) is -0.946. The number of aliphatic hydroxyl groups excluding tert-OH is 4. The molecule has 3 rings (SSSR count). The third kappa shape index (κ3) is 6.14. The highest BCUT2D eigenvalue weighted by atomic mass is 16.7. The van der Waals surface area contributed by atoms with Gasteiger partial charge in [0, 0.05) is 6.61 Å². The molecule has 33 heavy (non-hydrogen) atoms. The van der Waals surface area contributed by atoms with E-state index in [4.69, 9.17) is 14.6 Å². The predicted octanol–water partition coefficient (Wildman–Crippen LogP) is 1.19. The fourth-order valence-electron chi connectivity index (χ4n) is 4.84. The van der Waals surface area contributed by atoms with Gasteiger partial charge in [-0.25, -0.2) is 0 Å². The van der Waals surface area contributed by atoms with E-state index in [1.54, 1.807) is 18.2 Å². The predicted molar refractivity (Wildman–Crippen MR) is 122 cm³/mol. The van der Waals surface area contributed by atoms with Gasteiger partial charge in [0.05, 0.1) is 11.7 Å². The van der Waals surface area contributed by atoms with E-state index in [1.165, 1.54) is 0 Å². The van der Waals surface area contributed by atoms with Crippen molar-refractivity contribution in [1.82, 2.24) is 0 Å². The van der Waals surface area contributed by atoms with E-state index in [-0.39, 0.29) is 32.3 Å². The number of hydrogen-bond acceptors (Lipinski definition) is 8. The Balaban J connectivity index is 1.82. The van der Waals surface area contributed by atoms with Crippen LogP contribution in [-0.4, -0.2) is 79.2 Å². The Morgan fingerprint density at radius 3 is 2.39 bits per heavy atom. The van der Waals surface area contributed by atoms with Gasteiger partial charge in [0.2, 0.25) is 6.29 Å². The first kappa shape index (κ1) is 26.1. The van der Waals surface area contributed by atoms with Gasteiger partial charge in [-0.1, -0.05) is 31.1 Å². The van der Waals surface area contributed by atoms with Crippen LogP contribution >= 0.6 is 0 Å². The third-order valence-corrected chi connectivity index (χ3v) is 6.97. The monoisotopic (exact) mass is 466 g/mol. The van der Waals surface area contributed by atoms with Crippen LogP contribution in [0.1, 0.15) is 56.9 Å². The minimum absolute atomic E-state index is 0.0552. The van der Waals surface area contributed by atoms with Crippen LogP contribution in [0.5, 0.6) is 5.75 Å². The van der Waals surface area contributed by atoms with Crippen molar-refractivity contribution in [3.8, 4) is 5.75 Å². The zero-order chi connectivity index (χ0) is 24.1. The van der Waals surface area contributed by atoms with E-state index in [1.807, 2.05) is 12.1 Å². The number of hydrogen-bond donors (Lipinski definition) is 6. The maximum absolute atomic E-state index is 11.5. The molecule has 6 atom stereocenters. The lowest BCUT2D eigenvalue weighted by atomic mass is 9.78. The molecule has 0 unspecified atom stereocenters. The Kier molecular flexibility index (Phi) is 8.91. The fraction of sp³-hybridized carbons (Fsp3) is 0.680. The van der Waals surface area contributed by atoms with Crippen LogP contribution in [0, 0.1) is 0 Å². The van der Waals surface area contributed by atoms with E-state index in [9.17, 15) is 25.5 Å². The smallest absolute Gasteiger partial charge is 0.232 e. The van der Waals surface area contributed by atoms with Crippen molar-refractivity contribution in [3.05, 3.63) is 42.5 Å². The molecule has 1 aliphatic carbocycles. The Hall–Kier alpha value is -1.52. The molecule has 1 aromatic carbocycles. The van der Waals surface area contributed by atoms with Gasteiger partial charge < -0.3 is 40.1 Å². The molecule has 0 aromatic heterocycles. The van der Waals surface area contributed by atoms with Crippen LogP contribution < -0.4 is 4.74 Å². The van der Waals surface area contributed by atoms with E-state index < -0.39 is 41.9 Å². The Bertz CT molecular complexity index is 747. The largest absolute Gasteiger partial charge is 0.462 e. The number of aliphatic hydroxyl groups is 6. The molecule has 0 bridgehead atoms. The van der Waals surface area contributed by atoms with Crippen molar-refractivity contribution in [2.45, 2.75) is 99.7 Å². The normalized spacial score (nSPS) is 32.4. The topological polar surface area (TPSA) is 140 Å². The Morgan fingerprint density at radius 1 is 1.12 bits per heavy atom. The van der Waals surface area contributed by atoms with Crippen molar-refractivity contribution >= 4 is 0 Å². The van der Waals surface area contributed by atoms with Crippen LogP contribution in [0.25, 0.3) is 0 Å². The van der Waals surface area contributed by atoms with Crippen LogP contribution in [0.4, 0.5) is 0 Å². The summed E-state index contributed by atoms with van der Waals surface area (Å²) in [5.41, 5.74) is -1.92. The standard InChI is InChI=1S/C25H38O8/c1-2-6-17-8-10-18(11-9-17)32-23-25(31,15-14-24(30)12-3-4-13-24)22(29)20(28)21(33-23)19(27)7-5-16-26/h2,8-11,19-23,26-31H,1,3-7,12-16H2/t19-,20+,21+,22-,23-,25+/m0/s1. The van der Waals surface area contributed by atoms with Gasteiger partial charge in [-0.05, 0) is 62.6 Å². The van der Waals surface area contributed by atoms with Crippen molar-refractivity contribution < 1.29 is 40.1 Å². The van der Waals surface area contributed by atoms with E-state index in [0.29, 0.717) is 25.0 Å². The van der Waals surface area contributed by atoms with Gasteiger partial charge in [-0.2, -0.15) is 0 Å². The minimum Gasteiger partial charge on any atom is -0.462 e. The van der Waals surface area contributed by atoms with Crippen molar-refractivity contribution in [2.24, 2.45) is 0 Å². The summed E-state index contributed by atoms with van der Waals surface area (Å²) in [4.78, 5) is 0. The van der Waals surface area contributed by atoms with Crippen molar-refractivity contribution in [1.29, 1.82) is 0 Å². The zero-order valence-electron chi connectivity index (χ0n) is 19.1. The first-order chi connectivity index (χ1) is 15.7. The summed E-state index contributed by atoms with van der Waals surface area (Å²) in [5, 5.41) is 63.5. The van der Waals surface area contributed by atoms with Gasteiger partial charge in [0.15, 0.2) is 5.60 Å². The molecule has 8 heteroatoms. The van der Waals surface area contributed by atoms with Gasteiger partial charge >= 0.3 is 0 Å². The molecule has 186 valence electrons. The highest BCUT2D eigenvalue weighted by Gasteiger charge is 2.57. The lowest BCUT2D eigenvalue weighted by molar-refractivity contribution is -0.331. The molecular formula is C25H38O8. The summed E-state index contributed by atoms with van der Waals surface area (Å²) in [5.74, 6) is 0.387. The molecule has 0 radical (unpaired) electrons. The minimum atomic E-state index is -2.01. The van der Waals surface area contributed by atoms with Crippen LogP contribution in [0.3, 0.4) is 0 Å². The lowest BCUT2D eigenvalue weighted by Gasteiger charge is -2.49. The summed E-state index contributed by atoms with van der Waals surface area (Å²) in [7, 11) is 0. The molecule has 0 spiro atoms. The molecule has 1 saturated carbocycles. The summed E-state index contributed by atoms with van der Waals surface area (Å²) < 4.78 is 11.8. The number of rotatable bonds is 11. The van der Waals surface area contributed by atoms with Crippen molar-refractivity contribution in [3.63, 3.8) is 0 Å². The van der Waals surface area contributed by atoms with Gasteiger partial charge in [0.25, 0.3) is 0 Å².